The lowest BCUT2D eigenvalue weighted by atomic mass is 9.81. The molecule has 0 aromatic heterocycles. The predicted octanol–water partition coefficient (Wildman–Crippen LogP) is 5.04. The van der Waals surface area contributed by atoms with Crippen molar-refractivity contribution in [1.29, 1.82) is 0 Å². The van der Waals surface area contributed by atoms with Gasteiger partial charge in [-0.15, -0.1) is 0 Å². The van der Waals surface area contributed by atoms with E-state index in [9.17, 15) is 5.11 Å². The zero-order chi connectivity index (χ0) is 19.1. The van der Waals surface area contributed by atoms with E-state index in [4.69, 9.17) is 0 Å². The number of rotatable bonds is 2. The molecule has 0 saturated carbocycles. The van der Waals surface area contributed by atoms with Crippen molar-refractivity contribution in [1.82, 2.24) is 4.90 Å². The van der Waals surface area contributed by atoms with Crippen LogP contribution in [0.2, 0.25) is 0 Å². The number of hydrogen-bond acceptors (Lipinski definition) is 2. The van der Waals surface area contributed by atoms with E-state index in [2.05, 4.69) is 74.2 Å². The number of nitrogens with zero attached hydrogens (tertiary/aromatic N) is 1. The molecule has 1 aliphatic carbocycles. The monoisotopic (exact) mass is 363 g/mol. The molecule has 2 aromatic carbocycles. The van der Waals surface area contributed by atoms with Crippen LogP contribution in [0.5, 0.6) is 0 Å². The first-order chi connectivity index (χ1) is 12.9. The molecular weight excluding hydrogens is 330 g/mol. The van der Waals surface area contributed by atoms with Crippen molar-refractivity contribution in [3.63, 3.8) is 0 Å². The van der Waals surface area contributed by atoms with Gasteiger partial charge < -0.3 is 5.11 Å². The summed E-state index contributed by atoms with van der Waals surface area (Å²) in [7, 11) is 0. The molecule has 4 rings (SSSR count). The standard InChI is InChI=1S/C25H33NO/c1-24(2,3)23-10-8-20(9-11-23)21-13-16-26(17-14-21)25(27)15-12-19-6-4-5-7-22(19)18-25/h4-11,21,27H,12-18H2,1-3H3/t25-/m1/s1. The Balaban J connectivity index is 1.40. The zero-order valence-corrected chi connectivity index (χ0v) is 17.0. The van der Waals surface area contributed by atoms with Gasteiger partial charge >= 0.3 is 0 Å². The van der Waals surface area contributed by atoms with Gasteiger partial charge in [-0.25, -0.2) is 0 Å². The van der Waals surface area contributed by atoms with Gasteiger partial charge in [-0.3, -0.25) is 4.90 Å². The number of hydrogen-bond donors (Lipinski definition) is 1. The van der Waals surface area contributed by atoms with Crippen LogP contribution < -0.4 is 0 Å². The summed E-state index contributed by atoms with van der Waals surface area (Å²) in [6, 6.07) is 17.8. The van der Waals surface area contributed by atoms with Crippen molar-refractivity contribution in [3.05, 3.63) is 70.8 Å². The molecule has 1 heterocycles. The van der Waals surface area contributed by atoms with Crippen molar-refractivity contribution < 1.29 is 5.11 Å². The lowest BCUT2D eigenvalue weighted by molar-refractivity contribution is -0.126. The summed E-state index contributed by atoms with van der Waals surface area (Å²) in [5.41, 5.74) is 5.15. The summed E-state index contributed by atoms with van der Waals surface area (Å²) < 4.78 is 0. The SMILES string of the molecule is CC(C)(C)c1ccc(C2CCN([C@@]3(O)CCc4ccccc4C3)CC2)cc1. The Labute approximate surface area is 164 Å². The molecule has 27 heavy (non-hydrogen) atoms. The first-order valence-electron chi connectivity index (χ1n) is 10.5. The summed E-state index contributed by atoms with van der Waals surface area (Å²) in [4.78, 5) is 2.35. The van der Waals surface area contributed by atoms with E-state index < -0.39 is 5.72 Å². The van der Waals surface area contributed by atoms with Crippen LogP contribution in [-0.2, 0) is 18.3 Å². The van der Waals surface area contributed by atoms with Crippen LogP contribution in [0.3, 0.4) is 0 Å². The molecule has 1 fully saturated rings. The Morgan fingerprint density at radius 3 is 2.19 bits per heavy atom. The summed E-state index contributed by atoms with van der Waals surface area (Å²) in [5, 5.41) is 11.4. The second-order valence-corrected chi connectivity index (χ2v) is 9.56. The number of aliphatic hydroxyl groups is 1. The average molecular weight is 364 g/mol. The molecule has 2 heteroatoms. The van der Waals surface area contributed by atoms with Crippen molar-refractivity contribution in [2.75, 3.05) is 13.1 Å². The van der Waals surface area contributed by atoms with Crippen molar-refractivity contribution in [2.45, 2.75) is 69.9 Å². The molecule has 1 aliphatic heterocycles. The molecule has 1 saturated heterocycles. The van der Waals surface area contributed by atoms with E-state index in [0.717, 1.165) is 45.2 Å². The van der Waals surface area contributed by atoms with E-state index in [-0.39, 0.29) is 5.41 Å². The smallest absolute Gasteiger partial charge is 0.122 e. The second kappa shape index (κ2) is 7.07. The van der Waals surface area contributed by atoms with Gasteiger partial charge in [0, 0.05) is 19.5 Å². The van der Waals surface area contributed by atoms with Crippen molar-refractivity contribution in [3.8, 4) is 0 Å². The van der Waals surface area contributed by atoms with E-state index in [1.54, 1.807) is 0 Å². The lowest BCUT2D eigenvalue weighted by Crippen LogP contribution is -2.54. The fourth-order valence-corrected chi connectivity index (χ4v) is 4.86. The van der Waals surface area contributed by atoms with Gasteiger partial charge in [0.2, 0.25) is 0 Å². The normalized spacial score (nSPS) is 24.6. The Morgan fingerprint density at radius 1 is 0.926 bits per heavy atom. The number of fused-ring (bicyclic) bond motifs is 1. The minimum absolute atomic E-state index is 0.211. The van der Waals surface area contributed by atoms with E-state index in [1.165, 1.54) is 22.3 Å². The van der Waals surface area contributed by atoms with Crippen LogP contribution in [0.1, 0.15) is 68.2 Å². The molecule has 1 atom stereocenters. The quantitative estimate of drug-likeness (QED) is 0.808. The van der Waals surface area contributed by atoms with Crippen LogP contribution in [0.15, 0.2) is 48.5 Å². The van der Waals surface area contributed by atoms with Gasteiger partial charge in [0.25, 0.3) is 0 Å². The fourth-order valence-electron chi connectivity index (χ4n) is 4.86. The maximum atomic E-state index is 11.4. The molecule has 0 spiro atoms. The molecule has 144 valence electrons. The average Bonchev–Trinajstić information content (AvgIpc) is 2.67. The molecule has 1 N–H and O–H groups in total. The first kappa shape index (κ1) is 18.7. The highest BCUT2D eigenvalue weighted by Gasteiger charge is 2.39. The molecule has 2 nitrogen and oxygen atoms in total. The van der Waals surface area contributed by atoms with Crippen molar-refractivity contribution in [2.24, 2.45) is 0 Å². The zero-order valence-electron chi connectivity index (χ0n) is 17.0. The Kier molecular flexibility index (Phi) is 4.90. The third kappa shape index (κ3) is 3.83. The molecular formula is C25H33NO. The highest BCUT2D eigenvalue weighted by atomic mass is 16.3. The number of piperidine rings is 1. The van der Waals surface area contributed by atoms with Crippen LogP contribution in [-0.4, -0.2) is 28.8 Å². The summed E-state index contributed by atoms with van der Waals surface area (Å²) in [5.74, 6) is 0.620. The minimum Gasteiger partial charge on any atom is -0.375 e. The van der Waals surface area contributed by atoms with Gasteiger partial charge in [0.1, 0.15) is 5.72 Å². The van der Waals surface area contributed by atoms with Crippen LogP contribution in [0.25, 0.3) is 0 Å². The van der Waals surface area contributed by atoms with E-state index in [0.29, 0.717) is 5.92 Å². The Bertz CT molecular complexity index is 781. The van der Waals surface area contributed by atoms with E-state index in [1.807, 2.05) is 0 Å². The summed E-state index contributed by atoms with van der Waals surface area (Å²) in [6.45, 7) is 8.78. The van der Waals surface area contributed by atoms with Crippen molar-refractivity contribution >= 4 is 0 Å². The Hall–Kier alpha value is -1.64. The number of likely N-dealkylation sites (tertiary alicyclic amines) is 1. The Morgan fingerprint density at radius 2 is 1.56 bits per heavy atom. The highest BCUT2D eigenvalue weighted by molar-refractivity contribution is 5.32. The number of benzene rings is 2. The third-order valence-corrected chi connectivity index (χ3v) is 6.72. The number of aryl methyl sites for hydroxylation is 1. The minimum atomic E-state index is -0.657. The maximum absolute atomic E-state index is 11.4. The molecule has 2 aliphatic rings. The van der Waals surface area contributed by atoms with Gasteiger partial charge in [-0.1, -0.05) is 69.3 Å². The summed E-state index contributed by atoms with van der Waals surface area (Å²) in [6.07, 6.45) is 4.89. The van der Waals surface area contributed by atoms with Crippen LogP contribution in [0, 0.1) is 0 Å². The fraction of sp³-hybridized carbons (Fsp3) is 0.520. The topological polar surface area (TPSA) is 23.5 Å². The molecule has 0 bridgehead atoms. The van der Waals surface area contributed by atoms with Crippen LogP contribution >= 0.6 is 0 Å². The summed E-state index contributed by atoms with van der Waals surface area (Å²) >= 11 is 0. The third-order valence-electron chi connectivity index (χ3n) is 6.72. The van der Waals surface area contributed by atoms with Gasteiger partial charge in [-0.05, 0) is 59.3 Å². The van der Waals surface area contributed by atoms with Gasteiger partial charge in [0.15, 0.2) is 0 Å². The predicted molar refractivity (Wildman–Crippen MR) is 112 cm³/mol. The maximum Gasteiger partial charge on any atom is 0.122 e. The largest absolute Gasteiger partial charge is 0.375 e. The molecule has 0 radical (unpaired) electrons. The second-order valence-electron chi connectivity index (χ2n) is 9.56. The first-order valence-corrected chi connectivity index (χ1v) is 10.5. The lowest BCUT2D eigenvalue weighted by Gasteiger charge is -2.46. The van der Waals surface area contributed by atoms with Gasteiger partial charge in [0.05, 0.1) is 0 Å². The van der Waals surface area contributed by atoms with E-state index >= 15 is 0 Å². The van der Waals surface area contributed by atoms with Crippen LogP contribution in [0.4, 0.5) is 0 Å². The molecule has 0 unspecified atom stereocenters. The molecule has 2 aromatic rings. The highest BCUT2D eigenvalue weighted by Crippen LogP contribution is 2.37. The van der Waals surface area contributed by atoms with Gasteiger partial charge in [-0.2, -0.15) is 0 Å². The molecule has 0 amide bonds.